The molecule has 0 radical (unpaired) electrons. The van der Waals surface area contributed by atoms with Crippen molar-refractivity contribution in [3.63, 3.8) is 0 Å². The third kappa shape index (κ3) is 2.83. The van der Waals surface area contributed by atoms with E-state index in [1.807, 2.05) is 19.1 Å². The molecule has 3 aromatic rings. The van der Waals surface area contributed by atoms with E-state index in [2.05, 4.69) is 38.4 Å². The first kappa shape index (κ1) is 14.2. The third-order valence-electron chi connectivity index (χ3n) is 3.61. The molecule has 2 N–H and O–H groups in total. The number of carbonyl (C=O) groups excluding carboxylic acids is 1. The highest BCUT2D eigenvalue weighted by Gasteiger charge is 2.17. The molecular formula is C15H18N6O. The Balaban J connectivity index is 1.70. The van der Waals surface area contributed by atoms with Crippen molar-refractivity contribution in [3.8, 4) is 0 Å². The Morgan fingerprint density at radius 2 is 2.23 bits per heavy atom. The molecule has 0 saturated heterocycles. The van der Waals surface area contributed by atoms with E-state index >= 15 is 0 Å². The van der Waals surface area contributed by atoms with E-state index in [1.54, 1.807) is 4.90 Å². The van der Waals surface area contributed by atoms with Crippen LogP contribution >= 0.6 is 0 Å². The van der Waals surface area contributed by atoms with Gasteiger partial charge >= 0.3 is 0 Å². The number of nitrogens with zero attached hydrogens (tertiary/aromatic N) is 4. The molecular weight excluding hydrogens is 280 g/mol. The molecule has 2 aromatic heterocycles. The molecule has 0 fully saturated rings. The van der Waals surface area contributed by atoms with E-state index in [-0.39, 0.29) is 5.91 Å². The average molecular weight is 298 g/mol. The molecule has 0 aliphatic rings. The molecule has 7 nitrogen and oxygen atoms in total. The van der Waals surface area contributed by atoms with Gasteiger partial charge in [-0.3, -0.25) is 4.79 Å². The minimum absolute atomic E-state index is 0.122. The van der Waals surface area contributed by atoms with Gasteiger partial charge in [0.05, 0.1) is 17.2 Å². The Labute approximate surface area is 127 Å². The maximum absolute atomic E-state index is 12.2. The molecule has 114 valence electrons. The zero-order chi connectivity index (χ0) is 15.5. The van der Waals surface area contributed by atoms with Crippen molar-refractivity contribution < 1.29 is 4.79 Å². The summed E-state index contributed by atoms with van der Waals surface area (Å²) in [6.45, 7) is 5.20. The fraction of sp³-hybridized carbons (Fsp3) is 0.333. The number of amides is 1. The molecule has 22 heavy (non-hydrogen) atoms. The summed E-state index contributed by atoms with van der Waals surface area (Å²) in [5, 5.41) is 9.97. The van der Waals surface area contributed by atoms with Gasteiger partial charge in [0.1, 0.15) is 5.82 Å². The van der Waals surface area contributed by atoms with Crippen LogP contribution in [0.1, 0.15) is 28.8 Å². The zero-order valence-corrected chi connectivity index (χ0v) is 12.6. The van der Waals surface area contributed by atoms with Crippen molar-refractivity contribution in [2.45, 2.75) is 20.3 Å². The van der Waals surface area contributed by atoms with Gasteiger partial charge in [0.25, 0.3) is 5.91 Å². The maximum Gasteiger partial charge on any atom is 0.276 e. The average Bonchev–Trinajstić information content (AvgIpc) is 3.16. The second-order valence-electron chi connectivity index (χ2n) is 5.19. The van der Waals surface area contributed by atoms with Gasteiger partial charge in [0.15, 0.2) is 5.69 Å². The topological polar surface area (TPSA) is 90.6 Å². The second kappa shape index (κ2) is 5.97. The number of aryl methyl sites for hydroxylation is 1. The number of rotatable bonds is 5. The number of likely N-dealkylation sites (N-methyl/N-ethyl adjacent to an activating group) is 1. The van der Waals surface area contributed by atoms with Crippen LogP contribution in [0.5, 0.6) is 0 Å². The molecule has 1 aromatic carbocycles. The van der Waals surface area contributed by atoms with Gasteiger partial charge in [0.2, 0.25) is 0 Å². The van der Waals surface area contributed by atoms with Crippen molar-refractivity contribution >= 4 is 16.9 Å². The predicted molar refractivity (Wildman–Crippen MR) is 82.5 cm³/mol. The second-order valence-corrected chi connectivity index (χ2v) is 5.19. The summed E-state index contributed by atoms with van der Waals surface area (Å²) >= 11 is 0. The third-order valence-corrected chi connectivity index (χ3v) is 3.61. The summed E-state index contributed by atoms with van der Waals surface area (Å²) in [6, 6.07) is 6.12. The SMILES string of the molecule is CCN(CCc1nc2ccc(C)cc2[nH]1)C(=O)c1cn[nH]n1. The quantitative estimate of drug-likeness (QED) is 0.750. The molecule has 0 aliphatic carbocycles. The van der Waals surface area contributed by atoms with Crippen LogP contribution in [0.15, 0.2) is 24.4 Å². The Bertz CT molecular complexity index is 777. The lowest BCUT2D eigenvalue weighted by molar-refractivity contribution is 0.0759. The monoisotopic (exact) mass is 298 g/mol. The summed E-state index contributed by atoms with van der Waals surface area (Å²) in [7, 11) is 0. The molecule has 7 heteroatoms. The highest BCUT2D eigenvalue weighted by molar-refractivity contribution is 5.91. The molecule has 1 amide bonds. The van der Waals surface area contributed by atoms with Crippen LogP contribution in [0.3, 0.4) is 0 Å². The van der Waals surface area contributed by atoms with E-state index in [9.17, 15) is 4.79 Å². The molecule has 0 aliphatic heterocycles. The number of hydrogen-bond acceptors (Lipinski definition) is 4. The largest absolute Gasteiger partial charge is 0.342 e. The fourth-order valence-corrected chi connectivity index (χ4v) is 2.41. The van der Waals surface area contributed by atoms with Crippen LogP contribution in [-0.4, -0.2) is 49.3 Å². The number of aromatic amines is 2. The predicted octanol–water partition coefficient (Wildman–Crippen LogP) is 1.69. The lowest BCUT2D eigenvalue weighted by Gasteiger charge is -2.18. The van der Waals surface area contributed by atoms with E-state index in [0.29, 0.717) is 25.2 Å². The van der Waals surface area contributed by atoms with E-state index in [0.717, 1.165) is 16.9 Å². The number of nitrogens with one attached hydrogen (secondary N) is 2. The number of carbonyl (C=O) groups is 1. The maximum atomic E-state index is 12.2. The van der Waals surface area contributed by atoms with Gasteiger partial charge < -0.3 is 9.88 Å². The van der Waals surface area contributed by atoms with E-state index < -0.39 is 0 Å². The van der Waals surface area contributed by atoms with Gasteiger partial charge in [-0.25, -0.2) is 4.98 Å². The van der Waals surface area contributed by atoms with Gasteiger partial charge in [-0.15, -0.1) is 0 Å². The van der Waals surface area contributed by atoms with Gasteiger partial charge in [-0.05, 0) is 31.5 Å². The van der Waals surface area contributed by atoms with Gasteiger partial charge in [-0.2, -0.15) is 15.4 Å². The Hall–Kier alpha value is -2.70. The van der Waals surface area contributed by atoms with Crippen molar-refractivity contribution in [1.29, 1.82) is 0 Å². The highest BCUT2D eigenvalue weighted by Crippen LogP contribution is 2.14. The Morgan fingerprint density at radius 1 is 1.36 bits per heavy atom. The van der Waals surface area contributed by atoms with Crippen LogP contribution in [0, 0.1) is 6.92 Å². The van der Waals surface area contributed by atoms with Crippen LogP contribution in [0.2, 0.25) is 0 Å². The molecule has 0 unspecified atom stereocenters. The Kier molecular flexibility index (Phi) is 3.86. The molecule has 0 bridgehead atoms. The van der Waals surface area contributed by atoms with Gasteiger partial charge in [0, 0.05) is 19.5 Å². The number of imidazole rings is 1. The van der Waals surface area contributed by atoms with Crippen molar-refractivity contribution in [1.82, 2.24) is 30.3 Å². The number of fused-ring (bicyclic) bond motifs is 1. The number of hydrogen-bond donors (Lipinski definition) is 2. The number of H-pyrrole nitrogens is 2. The van der Waals surface area contributed by atoms with E-state index in [4.69, 9.17) is 0 Å². The Morgan fingerprint density at radius 3 is 2.95 bits per heavy atom. The first-order valence-electron chi connectivity index (χ1n) is 7.27. The minimum Gasteiger partial charge on any atom is -0.342 e. The number of benzene rings is 1. The fourth-order valence-electron chi connectivity index (χ4n) is 2.41. The van der Waals surface area contributed by atoms with Crippen molar-refractivity contribution in [2.75, 3.05) is 13.1 Å². The minimum atomic E-state index is -0.122. The van der Waals surface area contributed by atoms with Crippen molar-refractivity contribution in [2.24, 2.45) is 0 Å². The van der Waals surface area contributed by atoms with Crippen LogP contribution < -0.4 is 0 Å². The molecule has 0 atom stereocenters. The van der Waals surface area contributed by atoms with Gasteiger partial charge in [-0.1, -0.05) is 6.07 Å². The lowest BCUT2D eigenvalue weighted by atomic mass is 10.2. The standard InChI is InChI=1S/C15H18N6O/c1-3-21(15(22)13-9-16-20-19-13)7-6-14-17-11-5-4-10(2)8-12(11)18-14/h4-5,8-9H,3,6-7H2,1-2H3,(H,17,18)(H,16,19,20). The van der Waals surface area contributed by atoms with Crippen LogP contribution in [0.25, 0.3) is 11.0 Å². The summed E-state index contributed by atoms with van der Waals surface area (Å²) in [4.78, 5) is 21.8. The first-order valence-corrected chi connectivity index (χ1v) is 7.27. The van der Waals surface area contributed by atoms with Crippen LogP contribution in [-0.2, 0) is 6.42 Å². The lowest BCUT2D eigenvalue weighted by Crippen LogP contribution is -2.33. The normalized spacial score (nSPS) is 11.0. The zero-order valence-electron chi connectivity index (χ0n) is 12.6. The summed E-state index contributed by atoms with van der Waals surface area (Å²) in [5.41, 5.74) is 3.51. The first-order chi connectivity index (χ1) is 10.7. The van der Waals surface area contributed by atoms with Crippen LogP contribution in [0.4, 0.5) is 0 Å². The summed E-state index contributed by atoms with van der Waals surface area (Å²) in [6.07, 6.45) is 2.11. The summed E-state index contributed by atoms with van der Waals surface area (Å²) < 4.78 is 0. The van der Waals surface area contributed by atoms with E-state index in [1.165, 1.54) is 11.8 Å². The molecule has 0 saturated carbocycles. The van der Waals surface area contributed by atoms with Crippen molar-refractivity contribution in [3.05, 3.63) is 41.5 Å². The molecule has 3 rings (SSSR count). The molecule has 2 heterocycles. The molecule has 0 spiro atoms. The smallest absolute Gasteiger partial charge is 0.276 e. The highest BCUT2D eigenvalue weighted by atomic mass is 16.2. The summed E-state index contributed by atoms with van der Waals surface area (Å²) in [5.74, 6) is 0.759. The number of aromatic nitrogens is 5.